The van der Waals surface area contributed by atoms with Crippen LogP contribution in [0.2, 0.25) is 5.02 Å². The molecule has 1 amide bonds. The first-order valence-corrected chi connectivity index (χ1v) is 12.4. The van der Waals surface area contributed by atoms with Crippen LogP contribution in [-0.2, 0) is 14.8 Å². The third kappa shape index (κ3) is 5.62. The Morgan fingerprint density at radius 2 is 1.66 bits per heavy atom. The van der Waals surface area contributed by atoms with Crippen LogP contribution in [-0.4, -0.2) is 34.2 Å². The summed E-state index contributed by atoms with van der Waals surface area (Å²) in [5.41, 5.74) is 3.54. The first-order valence-electron chi connectivity index (χ1n) is 10.6. The number of nitrogens with zero attached hydrogens (tertiary/aromatic N) is 2. The molecule has 0 aliphatic heterocycles. The lowest BCUT2D eigenvalue weighted by Gasteiger charge is -2.23. The maximum Gasteiger partial charge on any atom is 0.264 e. The lowest BCUT2D eigenvalue weighted by Crippen LogP contribution is -2.39. The predicted octanol–water partition coefficient (Wildman–Crippen LogP) is 4.85. The number of ether oxygens (including phenoxy) is 1. The van der Waals surface area contributed by atoms with Crippen LogP contribution in [0.1, 0.15) is 5.56 Å². The molecule has 4 aromatic carbocycles. The van der Waals surface area contributed by atoms with Crippen LogP contribution in [0.5, 0.6) is 5.75 Å². The first-order chi connectivity index (χ1) is 16.9. The molecule has 0 heterocycles. The van der Waals surface area contributed by atoms with E-state index in [2.05, 4.69) is 10.5 Å². The van der Waals surface area contributed by atoms with Crippen molar-refractivity contribution in [1.29, 1.82) is 0 Å². The predicted molar refractivity (Wildman–Crippen MR) is 139 cm³/mol. The molecule has 0 fully saturated rings. The van der Waals surface area contributed by atoms with Crippen LogP contribution < -0.4 is 14.5 Å². The summed E-state index contributed by atoms with van der Waals surface area (Å²) in [4.78, 5) is 12.8. The zero-order valence-corrected chi connectivity index (χ0v) is 20.3. The van der Waals surface area contributed by atoms with Crippen molar-refractivity contribution >= 4 is 50.2 Å². The number of anilines is 1. The van der Waals surface area contributed by atoms with Gasteiger partial charge in [-0.15, -0.1) is 0 Å². The van der Waals surface area contributed by atoms with Gasteiger partial charge in [-0.2, -0.15) is 5.10 Å². The van der Waals surface area contributed by atoms with Crippen LogP contribution in [0.15, 0.2) is 101 Å². The molecular formula is C26H22ClN3O4S. The third-order valence-corrected chi connectivity index (χ3v) is 7.31. The van der Waals surface area contributed by atoms with Crippen molar-refractivity contribution < 1.29 is 17.9 Å². The standard InChI is InChI=1S/C26H22ClN3O4S/c1-34-23-13-15-24(16-14-23)35(32,33)30(22-11-9-21(27)10-12-22)18-26(31)29-28-17-20-7-4-6-19-5-2-3-8-25(19)20/h2-17H,18H2,1H3,(H,29,31)/b28-17-. The number of halogens is 1. The molecular weight excluding hydrogens is 486 g/mol. The number of rotatable bonds is 8. The summed E-state index contributed by atoms with van der Waals surface area (Å²) < 4.78 is 33.0. The van der Waals surface area contributed by atoms with Crippen LogP contribution in [0.3, 0.4) is 0 Å². The number of carbonyl (C=O) groups excluding carboxylic acids is 1. The van der Waals surface area contributed by atoms with E-state index in [9.17, 15) is 13.2 Å². The second kappa shape index (κ2) is 10.6. The largest absolute Gasteiger partial charge is 0.497 e. The number of nitrogens with one attached hydrogen (secondary N) is 1. The molecule has 178 valence electrons. The van der Waals surface area contributed by atoms with E-state index in [1.54, 1.807) is 24.3 Å². The Morgan fingerprint density at radius 1 is 0.971 bits per heavy atom. The molecule has 35 heavy (non-hydrogen) atoms. The Bertz CT molecular complexity index is 1470. The highest BCUT2D eigenvalue weighted by atomic mass is 35.5. The maximum atomic E-state index is 13.4. The number of methoxy groups -OCH3 is 1. The lowest BCUT2D eigenvalue weighted by molar-refractivity contribution is -0.119. The quantitative estimate of drug-likeness (QED) is 0.273. The molecule has 9 heteroatoms. The van der Waals surface area contributed by atoms with Crippen LogP contribution in [0.25, 0.3) is 10.8 Å². The number of fused-ring (bicyclic) bond motifs is 1. The van der Waals surface area contributed by atoms with Crippen molar-refractivity contribution in [3.63, 3.8) is 0 Å². The summed E-state index contributed by atoms with van der Waals surface area (Å²) in [7, 11) is -2.58. The number of sulfonamides is 1. The average molecular weight is 508 g/mol. The van der Waals surface area contributed by atoms with Crippen molar-refractivity contribution in [3.05, 3.63) is 102 Å². The second-order valence-corrected chi connectivity index (χ2v) is 9.82. The summed E-state index contributed by atoms with van der Waals surface area (Å²) in [6.45, 7) is -0.483. The van der Waals surface area contributed by atoms with E-state index in [1.807, 2.05) is 42.5 Å². The highest BCUT2D eigenvalue weighted by Crippen LogP contribution is 2.26. The van der Waals surface area contributed by atoms with Crippen molar-refractivity contribution in [2.24, 2.45) is 5.10 Å². The number of hydrogen-bond acceptors (Lipinski definition) is 5. The molecule has 4 aromatic rings. The minimum atomic E-state index is -4.07. The van der Waals surface area contributed by atoms with Crippen molar-refractivity contribution in [1.82, 2.24) is 5.43 Å². The summed E-state index contributed by atoms with van der Waals surface area (Å²) >= 11 is 5.97. The minimum Gasteiger partial charge on any atom is -0.497 e. The fraction of sp³-hybridized carbons (Fsp3) is 0.0769. The number of benzene rings is 4. The third-order valence-electron chi connectivity index (χ3n) is 5.27. The normalized spacial score (nSPS) is 11.5. The highest BCUT2D eigenvalue weighted by Gasteiger charge is 2.27. The van der Waals surface area contributed by atoms with E-state index < -0.39 is 22.5 Å². The van der Waals surface area contributed by atoms with Crippen molar-refractivity contribution in [2.45, 2.75) is 4.90 Å². The maximum absolute atomic E-state index is 13.4. The molecule has 4 rings (SSSR count). The number of hydrazone groups is 1. The van der Waals surface area contributed by atoms with Crippen LogP contribution in [0, 0.1) is 0 Å². The molecule has 0 bridgehead atoms. The van der Waals surface area contributed by atoms with E-state index in [0.717, 1.165) is 20.6 Å². The fourth-order valence-corrected chi connectivity index (χ4v) is 5.05. The molecule has 0 saturated carbocycles. The summed E-state index contributed by atoms with van der Waals surface area (Å²) in [6, 6.07) is 25.7. The van der Waals surface area contributed by atoms with E-state index in [1.165, 1.54) is 37.6 Å². The van der Waals surface area contributed by atoms with Gasteiger partial charge in [0.05, 0.1) is 23.9 Å². The van der Waals surface area contributed by atoms with Gasteiger partial charge in [0.15, 0.2) is 0 Å². The molecule has 0 saturated heterocycles. The monoisotopic (exact) mass is 507 g/mol. The van der Waals surface area contributed by atoms with Crippen molar-refractivity contribution in [3.8, 4) is 5.75 Å². The molecule has 0 aliphatic carbocycles. The van der Waals surface area contributed by atoms with Gasteiger partial charge in [0, 0.05) is 10.6 Å². The Balaban J connectivity index is 1.57. The molecule has 0 aliphatic rings. The lowest BCUT2D eigenvalue weighted by atomic mass is 10.1. The van der Waals surface area contributed by atoms with E-state index in [-0.39, 0.29) is 4.90 Å². The van der Waals surface area contributed by atoms with E-state index >= 15 is 0 Å². The molecule has 7 nitrogen and oxygen atoms in total. The Labute approximate surface area is 208 Å². The molecule has 0 unspecified atom stereocenters. The Hall–Kier alpha value is -3.88. The zero-order valence-electron chi connectivity index (χ0n) is 18.8. The van der Waals surface area contributed by atoms with Gasteiger partial charge in [0.25, 0.3) is 15.9 Å². The van der Waals surface area contributed by atoms with Gasteiger partial charge < -0.3 is 4.74 Å². The summed E-state index contributed by atoms with van der Waals surface area (Å²) in [6.07, 6.45) is 1.53. The molecule has 0 spiro atoms. The number of hydrogen-bond donors (Lipinski definition) is 1. The topological polar surface area (TPSA) is 88.1 Å². The minimum absolute atomic E-state index is 0.0142. The molecule has 1 N–H and O–H groups in total. The van der Waals surface area contributed by atoms with Gasteiger partial charge in [0.1, 0.15) is 12.3 Å². The Morgan fingerprint density at radius 3 is 2.37 bits per heavy atom. The summed E-state index contributed by atoms with van der Waals surface area (Å²) in [5, 5.41) is 6.52. The highest BCUT2D eigenvalue weighted by molar-refractivity contribution is 7.92. The molecule has 0 atom stereocenters. The van der Waals surface area contributed by atoms with Crippen LogP contribution in [0.4, 0.5) is 5.69 Å². The Kier molecular flexibility index (Phi) is 7.33. The van der Waals surface area contributed by atoms with Crippen LogP contribution >= 0.6 is 11.6 Å². The van der Waals surface area contributed by atoms with Gasteiger partial charge in [-0.25, -0.2) is 13.8 Å². The fourth-order valence-electron chi connectivity index (χ4n) is 3.50. The van der Waals surface area contributed by atoms with E-state index in [0.29, 0.717) is 16.5 Å². The molecule has 0 aromatic heterocycles. The molecule has 0 radical (unpaired) electrons. The van der Waals surface area contributed by atoms with Gasteiger partial charge in [-0.1, -0.05) is 54.1 Å². The number of amides is 1. The van der Waals surface area contributed by atoms with Gasteiger partial charge in [-0.05, 0) is 59.3 Å². The average Bonchev–Trinajstić information content (AvgIpc) is 2.88. The van der Waals surface area contributed by atoms with Gasteiger partial charge >= 0.3 is 0 Å². The first kappa shape index (κ1) is 24.3. The summed E-state index contributed by atoms with van der Waals surface area (Å²) in [5.74, 6) is -0.0870. The van der Waals surface area contributed by atoms with Crippen molar-refractivity contribution in [2.75, 3.05) is 18.0 Å². The SMILES string of the molecule is COc1ccc(S(=O)(=O)N(CC(=O)N/N=C\c2cccc3ccccc23)c2ccc(Cl)cc2)cc1. The second-order valence-electron chi connectivity index (χ2n) is 7.53. The zero-order chi connectivity index (χ0) is 24.8. The van der Waals surface area contributed by atoms with Gasteiger partial charge in [-0.3, -0.25) is 9.10 Å². The smallest absolute Gasteiger partial charge is 0.264 e. The van der Waals surface area contributed by atoms with Gasteiger partial charge in [0.2, 0.25) is 0 Å². The number of carbonyl (C=O) groups is 1. The van der Waals surface area contributed by atoms with E-state index in [4.69, 9.17) is 16.3 Å².